The van der Waals surface area contributed by atoms with Crippen molar-refractivity contribution in [1.29, 1.82) is 0 Å². The molecule has 160 valence electrons. The zero-order chi connectivity index (χ0) is 21.9. The Balaban J connectivity index is 1.94. The highest BCUT2D eigenvalue weighted by atomic mass is 19.4. The van der Waals surface area contributed by atoms with Gasteiger partial charge in [0, 0.05) is 12.6 Å². The van der Waals surface area contributed by atoms with Gasteiger partial charge in [0.05, 0.1) is 24.3 Å². The molecule has 0 spiro atoms. The van der Waals surface area contributed by atoms with E-state index in [1.165, 1.54) is 12.1 Å². The molecule has 1 aliphatic heterocycles. The number of nitrogens with one attached hydrogen (secondary N) is 1. The monoisotopic (exact) mass is 419 g/mol. The standard InChI is InChI=1S/C22H24F3N3O2/c1-15(2)27(13-16-8-4-3-5-9-16)14-21(30)28-18-11-7-6-10-17(18)26-20(29)12-19(28)22(23,24)25/h3-11,15,19H,12-14H2,1-2H3,(H,26,29)/t19-/m1/s1. The molecular weight excluding hydrogens is 395 g/mol. The Morgan fingerprint density at radius 1 is 1.13 bits per heavy atom. The Kier molecular flexibility index (Phi) is 6.45. The summed E-state index contributed by atoms with van der Waals surface area (Å²) in [5.74, 6) is -1.48. The van der Waals surface area contributed by atoms with E-state index in [4.69, 9.17) is 0 Å². The van der Waals surface area contributed by atoms with Crippen LogP contribution in [-0.4, -0.2) is 41.5 Å². The molecule has 3 rings (SSSR count). The second kappa shape index (κ2) is 8.87. The number of carbonyl (C=O) groups excluding carboxylic acids is 2. The van der Waals surface area contributed by atoms with E-state index in [0.29, 0.717) is 6.54 Å². The topological polar surface area (TPSA) is 52.7 Å². The largest absolute Gasteiger partial charge is 0.409 e. The van der Waals surface area contributed by atoms with E-state index in [-0.39, 0.29) is 24.0 Å². The van der Waals surface area contributed by atoms with Crippen molar-refractivity contribution in [2.24, 2.45) is 0 Å². The van der Waals surface area contributed by atoms with Crippen LogP contribution in [0.25, 0.3) is 0 Å². The highest BCUT2D eigenvalue weighted by Gasteiger charge is 2.49. The van der Waals surface area contributed by atoms with E-state index >= 15 is 0 Å². The molecule has 1 aliphatic rings. The van der Waals surface area contributed by atoms with Gasteiger partial charge in [0.2, 0.25) is 11.8 Å². The third-order valence-corrected chi connectivity index (χ3v) is 5.07. The van der Waals surface area contributed by atoms with Crippen molar-refractivity contribution in [2.75, 3.05) is 16.8 Å². The maximum atomic E-state index is 13.9. The fourth-order valence-corrected chi connectivity index (χ4v) is 3.48. The Morgan fingerprint density at radius 3 is 2.40 bits per heavy atom. The minimum atomic E-state index is -4.74. The van der Waals surface area contributed by atoms with E-state index < -0.39 is 30.5 Å². The number of anilines is 2. The van der Waals surface area contributed by atoms with E-state index in [1.54, 1.807) is 12.1 Å². The minimum Gasteiger partial charge on any atom is -0.324 e. The van der Waals surface area contributed by atoms with Crippen LogP contribution in [0.15, 0.2) is 54.6 Å². The van der Waals surface area contributed by atoms with Gasteiger partial charge in [-0.25, -0.2) is 0 Å². The summed E-state index contributed by atoms with van der Waals surface area (Å²) in [4.78, 5) is 27.9. The predicted molar refractivity (Wildman–Crippen MR) is 109 cm³/mol. The number of amides is 2. The fraction of sp³-hybridized carbons (Fsp3) is 0.364. The van der Waals surface area contributed by atoms with Gasteiger partial charge in [0.25, 0.3) is 0 Å². The van der Waals surface area contributed by atoms with Crippen LogP contribution in [0.2, 0.25) is 0 Å². The molecule has 0 radical (unpaired) electrons. The number of halogens is 3. The molecule has 0 saturated heterocycles. The van der Waals surface area contributed by atoms with Crippen molar-refractivity contribution in [3.8, 4) is 0 Å². The van der Waals surface area contributed by atoms with Crippen molar-refractivity contribution >= 4 is 23.2 Å². The van der Waals surface area contributed by atoms with Crippen molar-refractivity contribution in [3.05, 3.63) is 60.2 Å². The lowest BCUT2D eigenvalue weighted by molar-refractivity contribution is -0.158. The third-order valence-electron chi connectivity index (χ3n) is 5.07. The summed E-state index contributed by atoms with van der Waals surface area (Å²) in [5.41, 5.74) is 1.21. The van der Waals surface area contributed by atoms with E-state index in [1.807, 2.05) is 49.1 Å². The van der Waals surface area contributed by atoms with Gasteiger partial charge < -0.3 is 5.32 Å². The van der Waals surface area contributed by atoms with Gasteiger partial charge in [-0.15, -0.1) is 0 Å². The Morgan fingerprint density at radius 2 is 1.77 bits per heavy atom. The van der Waals surface area contributed by atoms with E-state index in [0.717, 1.165) is 10.5 Å². The van der Waals surface area contributed by atoms with Gasteiger partial charge in [-0.3, -0.25) is 19.4 Å². The lowest BCUT2D eigenvalue weighted by Gasteiger charge is -2.34. The number of rotatable bonds is 5. The normalized spacial score (nSPS) is 17.0. The van der Waals surface area contributed by atoms with Crippen LogP contribution in [0.5, 0.6) is 0 Å². The first-order valence-corrected chi connectivity index (χ1v) is 9.72. The van der Waals surface area contributed by atoms with Crippen molar-refractivity contribution < 1.29 is 22.8 Å². The number of benzene rings is 2. The van der Waals surface area contributed by atoms with Crippen LogP contribution in [-0.2, 0) is 16.1 Å². The molecule has 30 heavy (non-hydrogen) atoms. The van der Waals surface area contributed by atoms with Gasteiger partial charge in [-0.1, -0.05) is 42.5 Å². The second-order valence-corrected chi connectivity index (χ2v) is 7.57. The second-order valence-electron chi connectivity index (χ2n) is 7.57. The molecule has 0 aliphatic carbocycles. The first kappa shape index (κ1) is 21.8. The number of fused-ring (bicyclic) bond motifs is 1. The molecule has 1 heterocycles. The molecule has 0 fully saturated rings. The van der Waals surface area contributed by atoms with E-state index in [9.17, 15) is 22.8 Å². The molecule has 1 atom stereocenters. The van der Waals surface area contributed by atoms with E-state index in [2.05, 4.69) is 5.32 Å². The quantitative estimate of drug-likeness (QED) is 0.790. The van der Waals surface area contributed by atoms with Gasteiger partial charge in [-0.2, -0.15) is 13.2 Å². The summed E-state index contributed by atoms with van der Waals surface area (Å²) in [6, 6.07) is 13.2. The molecule has 0 aromatic heterocycles. The summed E-state index contributed by atoms with van der Waals surface area (Å²) in [6.45, 7) is 3.99. The molecule has 0 saturated carbocycles. The van der Waals surface area contributed by atoms with Gasteiger partial charge in [0.1, 0.15) is 6.04 Å². The average Bonchev–Trinajstić information content (AvgIpc) is 2.83. The zero-order valence-electron chi connectivity index (χ0n) is 16.8. The van der Waals surface area contributed by atoms with Crippen molar-refractivity contribution in [2.45, 2.75) is 45.1 Å². The molecular formula is C22H24F3N3O2. The molecule has 8 heteroatoms. The summed E-state index contributed by atoms with van der Waals surface area (Å²) >= 11 is 0. The number of para-hydroxylation sites is 2. The first-order chi connectivity index (χ1) is 14.2. The molecule has 0 unspecified atom stereocenters. The van der Waals surface area contributed by atoms with Crippen LogP contribution >= 0.6 is 0 Å². The molecule has 1 N–H and O–H groups in total. The summed E-state index contributed by atoms with van der Waals surface area (Å²) < 4.78 is 41.6. The van der Waals surface area contributed by atoms with Crippen LogP contribution in [0.1, 0.15) is 25.8 Å². The Bertz CT molecular complexity index is 900. The van der Waals surface area contributed by atoms with Crippen molar-refractivity contribution in [1.82, 2.24) is 4.90 Å². The fourth-order valence-electron chi connectivity index (χ4n) is 3.48. The number of alkyl halides is 3. The molecule has 2 aromatic carbocycles. The predicted octanol–water partition coefficient (Wildman–Crippen LogP) is 4.20. The van der Waals surface area contributed by atoms with Crippen LogP contribution in [0, 0.1) is 0 Å². The lowest BCUT2D eigenvalue weighted by atomic mass is 10.1. The number of nitrogens with zero attached hydrogens (tertiary/aromatic N) is 2. The highest BCUT2D eigenvalue weighted by molar-refractivity contribution is 6.05. The SMILES string of the molecule is CC(C)N(CC(=O)N1c2ccccc2NC(=O)C[C@@H]1C(F)(F)F)Cc1ccccc1. The number of hydrogen-bond acceptors (Lipinski definition) is 3. The highest BCUT2D eigenvalue weighted by Crippen LogP contribution is 2.37. The van der Waals surface area contributed by atoms with Crippen LogP contribution < -0.4 is 10.2 Å². The van der Waals surface area contributed by atoms with Gasteiger partial charge in [-0.05, 0) is 31.5 Å². The molecule has 0 bridgehead atoms. The maximum Gasteiger partial charge on any atom is 0.409 e. The first-order valence-electron chi connectivity index (χ1n) is 9.72. The Labute approximate surface area is 173 Å². The molecule has 5 nitrogen and oxygen atoms in total. The summed E-state index contributed by atoms with van der Waals surface area (Å²) in [6.07, 6.45) is -5.59. The molecule has 2 aromatic rings. The van der Waals surface area contributed by atoms with Crippen LogP contribution in [0.3, 0.4) is 0 Å². The number of carbonyl (C=O) groups is 2. The van der Waals surface area contributed by atoms with Gasteiger partial charge in [0.15, 0.2) is 0 Å². The summed E-state index contributed by atoms with van der Waals surface area (Å²) in [5, 5.41) is 2.48. The summed E-state index contributed by atoms with van der Waals surface area (Å²) in [7, 11) is 0. The van der Waals surface area contributed by atoms with Crippen LogP contribution in [0.4, 0.5) is 24.5 Å². The maximum absolute atomic E-state index is 13.9. The molecule has 2 amide bonds. The lowest BCUT2D eigenvalue weighted by Crippen LogP contribution is -2.53. The Hall–Kier alpha value is -2.87. The smallest absolute Gasteiger partial charge is 0.324 e. The number of hydrogen-bond donors (Lipinski definition) is 1. The average molecular weight is 419 g/mol. The minimum absolute atomic E-state index is 0.0547. The van der Waals surface area contributed by atoms with Crippen molar-refractivity contribution in [3.63, 3.8) is 0 Å². The third kappa shape index (κ3) is 4.99. The zero-order valence-corrected chi connectivity index (χ0v) is 16.8. The van der Waals surface area contributed by atoms with Gasteiger partial charge >= 0.3 is 6.18 Å².